The highest BCUT2D eigenvalue weighted by atomic mass is 32.2. The summed E-state index contributed by atoms with van der Waals surface area (Å²) in [5, 5.41) is 28.8. The van der Waals surface area contributed by atoms with Crippen molar-refractivity contribution in [2.75, 3.05) is 5.75 Å². The molecular weight excluding hydrogens is 604 g/mol. The Hall–Kier alpha value is -4.03. The number of hydrogen-bond acceptors (Lipinski definition) is 8. The number of hydrogen-bond donors (Lipinski definition) is 4. The van der Waals surface area contributed by atoms with Crippen molar-refractivity contribution in [3.8, 4) is 11.1 Å². The van der Waals surface area contributed by atoms with E-state index in [4.69, 9.17) is 14.6 Å². The van der Waals surface area contributed by atoms with E-state index in [0.29, 0.717) is 31.6 Å². The van der Waals surface area contributed by atoms with Crippen molar-refractivity contribution in [2.45, 2.75) is 81.8 Å². The molecule has 2 heterocycles. The first-order valence-electron chi connectivity index (χ1n) is 15.6. The summed E-state index contributed by atoms with van der Waals surface area (Å²) in [7, 11) is 0. The normalized spacial score (nSPS) is 17.9. The molecule has 1 saturated heterocycles. The van der Waals surface area contributed by atoms with Crippen LogP contribution >= 0.6 is 11.8 Å². The average Bonchev–Trinajstić information content (AvgIpc) is 3.62. The maximum Gasteiger partial charge on any atom is 0.303 e. The highest BCUT2D eigenvalue weighted by Crippen LogP contribution is 2.40. The van der Waals surface area contributed by atoms with E-state index in [1.54, 1.807) is 11.8 Å². The van der Waals surface area contributed by atoms with Crippen LogP contribution in [0.3, 0.4) is 0 Å². The molecule has 11 heteroatoms. The van der Waals surface area contributed by atoms with Gasteiger partial charge in [0.2, 0.25) is 5.91 Å². The van der Waals surface area contributed by atoms with Gasteiger partial charge in [-0.25, -0.2) is 4.98 Å². The number of nitrogens with one attached hydrogen (secondary N) is 2. The number of thioether (sulfide) groups is 1. The van der Waals surface area contributed by atoms with Crippen molar-refractivity contribution >= 4 is 23.6 Å². The number of H-pyrrole nitrogens is 1. The lowest BCUT2D eigenvalue weighted by atomic mass is 9.99. The fourth-order valence-corrected chi connectivity index (χ4v) is 6.19. The summed E-state index contributed by atoms with van der Waals surface area (Å²) in [4.78, 5) is 27.2. The summed E-state index contributed by atoms with van der Waals surface area (Å²) >= 11 is 1.56. The van der Waals surface area contributed by atoms with Crippen molar-refractivity contribution in [1.82, 2.24) is 20.5 Å². The molecule has 4 N–H and O–H groups in total. The Balaban J connectivity index is 1.23. The van der Waals surface area contributed by atoms with Gasteiger partial charge in [0.1, 0.15) is 6.33 Å². The molecule has 3 aromatic carbocycles. The number of carbonyl (C=O) groups excluding carboxylic acids is 1. The van der Waals surface area contributed by atoms with Crippen molar-refractivity contribution in [2.24, 2.45) is 0 Å². The fourth-order valence-electron chi connectivity index (χ4n) is 5.39. The summed E-state index contributed by atoms with van der Waals surface area (Å²) < 4.78 is 13.0. The molecule has 4 aromatic rings. The number of amides is 1. The Morgan fingerprint density at radius 1 is 0.891 bits per heavy atom. The van der Waals surface area contributed by atoms with Crippen molar-refractivity contribution < 1.29 is 29.3 Å². The van der Waals surface area contributed by atoms with Gasteiger partial charge in [0.25, 0.3) is 0 Å². The number of aromatic nitrogens is 3. The van der Waals surface area contributed by atoms with Crippen LogP contribution in [0.4, 0.5) is 0 Å². The lowest BCUT2D eigenvalue weighted by Crippen LogP contribution is -2.31. The molecule has 0 unspecified atom stereocenters. The Labute approximate surface area is 272 Å². The quantitative estimate of drug-likeness (QED) is 0.0810. The van der Waals surface area contributed by atoms with Gasteiger partial charge >= 0.3 is 5.97 Å². The lowest BCUT2D eigenvalue weighted by molar-refractivity contribution is -0.245. The highest BCUT2D eigenvalue weighted by Gasteiger charge is 2.32. The number of carboxylic acid groups (broad SMARTS) is 1. The number of aliphatic hydroxyl groups excluding tert-OH is 1. The number of ether oxygens (including phenoxy) is 2. The van der Waals surface area contributed by atoms with Gasteiger partial charge in [0, 0.05) is 37.1 Å². The Morgan fingerprint density at radius 2 is 1.65 bits per heavy atom. The van der Waals surface area contributed by atoms with Gasteiger partial charge in [-0.15, -0.1) is 0 Å². The van der Waals surface area contributed by atoms with Gasteiger partial charge in [-0.05, 0) is 52.8 Å². The zero-order valence-electron chi connectivity index (χ0n) is 25.6. The third-order valence-corrected chi connectivity index (χ3v) is 8.88. The smallest absolute Gasteiger partial charge is 0.303 e. The molecule has 1 amide bonds. The van der Waals surface area contributed by atoms with E-state index in [1.807, 2.05) is 54.6 Å². The van der Waals surface area contributed by atoms with Gasteiger partial charge in [-0.1, -0.05) is 85.3 Å². The third-order valence-electron chi connectivity index (χ3n) is 7.87. The van der Waals surface area contributed by atoms with Gasteiger partial charge in [-0.3, -0.25) is 14.7 Å². The number of unbranched alkanes of at least 4 members (excludes halogenated alkanes) is 3. The van der Waals surface area contributed by atoms with Crippen LogP contribution < -0.4 is 5.32 Å². The van der Waals surface area contributed by atoms with Crippen molar-refractivity contribution in [3.63, 3.8) is 0 Å². The maximum atomic E-state index is 12.4. The predicted octanol–water partition coefficient (Wildman–Crippen LogP) is 6.34. The van der Waals surface area contributed by atoms with Crippen LogP contribution in [-0.4, -0.2) is 49.1 Å². The molecule has 1 aromatic heterocycles. The molecule has 1 aliphatic heterocycles. The van der Waals surface area contributed by atoms with E-state index in [9.17, 15) is 14.7 Å². The van der Waals surface area contributed by atoms with Crippen LogP contribution in [-0.2, 0) is 32.2 Å². The molecule has 46 heavy (non-hydrogen) atoms. The topological polar surface area (TPSA) is 147 Å². The Bertz CT molecular complexity index is 1550. The molecule has 0 spiro atoms. The van der Waals surface area contributed by atoms with Gasteiger partial charge < -0.3 is 25.0 Å². The molecule has 0 radical (unpaired) electrons. The van der Waals surface area contributed by atoms with Crippen molar-refractivity contribution in [1.29, 1.82) is 0 Å². The average molecular weight is 645 g/mol. The second-order valence-electron chi connectivity index (χ2n) is 11.4. The molecule has 0 aliphatic carbocycles. The number of aromatic amines is 1. The number of nitrogens with zero attached hydrogens (tertiary/aromatic N) is 2. The van der Waals surface area contributed by atoms with E-state index in [1.165, 1.54) is 6.33 Å². The number of benzene rings is 3. The number of aliphatic carboxylic acids is 1. The summed E-state index contributed by atoms with van der Waals surface area (Å²) in [5.41, 5.74) is 5.83. The first-order chi connectivity index (χ1) is 22.5. The molecule has 10 nitrogen and oxygen atoms in total. The second kappa shape index (κ2) is 17.0. The van der Waals surface area contributed by atoms with E-state index in [2.05, 4.69) is 38.7 Å². The van der Waals surface area contributed by atoms with Gasteiger partial charge in [0.05, 0.1) is 18.8 Å². The Morgan fingerprint density at radius 3 is 2.39 bits per heavy atom. The van der Waals surface area contributed by atoms with Gasteiger partial charge in [0.15, 0.2) is 11.4 Å². The zero-order valence-corrected chi connectivity index (χ0v) is 26.5. The molecule has 5 rings (SSSR count). The molecule has 242 valence electrons. The van der Waals surface area contributed by atoms with Crippen LogP contribution in [0.2, 0.25) is 0 Å². The van der Waals surface area contributed by atoms with Crippen LogP contribution in [0.5, 0.6) is 0 Å². The highest BCUT2D eigenvalue weighted by molar-refractivity contribution is 7.99. The van der Waals surface area contributed by atoms with E-state index >= 15 is 0 Å². The van der Waals surface area contributed by atoms with Crippen LogP contribution in [0.1, 0.15) is 79.6 Å². The summed E-state index contributed by atoms with van der Waals surface area (Å²) in [5.74, 6) is -0.104. The minimum absolute atomic E-state index is 0.00573. The Kier molecular flexibility index (Phi) is 12.4. The van der Waals surface area contributed by atoms with E-state index in [0.717, 1.165) is 57.8 Å². The summed E-state index contributed by atoms with van der Waals surface area (Å²) in [6.07, 6.45) is 4.96. The van der Waals surface area contributed by atoms with E-state index in [-0.39, 0.29) is 31.1 Å². The number of aliphatic hydroxyl groups is 1. The minimum Gasteiger partial charge on any atom is -0.481 e. The standard InChI is InChI=1S/C35H40N4O6S/c40-21-24-13-15-26(16-14-24)31-19-30(22-46-35-37-23-38-39-35)44-34(45-31)29-10-6-9-28(18-29)27-8-5-7-25(17-27)20-36-32(41)11-3-1-2-4-12-33(42)43/h5-10,13-18,23,30-31,34,40H,1-4,11-12,19-22H2,(H,36,41)(H,42,43)(H,37,38,39)/t30-,31+,34+/m0/s1. The monoisotopic (exact) mass is 644 g/mol. The zero-order chi connectivity index (χ0) is 32.1. The lowest BCUT2D eigenvalue weighted by Gasteiger charge is -2.36. The van der Waals surface area contributed by atoms with Crippen LogP contribution in [0, 0.1) is 0 Å². The van der Waals surface area contributed by atoms with Crippen LogP contribution in [0.25, 0.3) is 11.1 Å². The summed E-state index contributed by atoms with van der Waals surface area (Å²) in [6.45, 7) is 0.424. The van der Waals surface area contributed by atoms with E-state index < -0.39 is 12.3 Å². The fraction of sp³-hybridized carbons (Fsp3) is 0.371. The number of carbonyl (C=O) groups is 2. The first-order valence-corrected chi connectivity index (χ1v) is 16.6. The predicted molar refractivity (Wildman–Crippen MR) is 175 cm³/mol. The number of carboxylic acids is 1. The molecule has 1 fully saturated rings. The summed E-state index contributed by atoms with van der Waals surface area (Å²) in [6, 6.07) is 24.1. The molecule has 1 aliphatic rings. The first kappa shape index (κ1) is 33.3. The molecule has 0 saturated carbocycles. The number of rotatable bonds is 16. The second-order valence-corrected chi connectivity index (χ2v) is 12.4. The van der Waals surface area contributed by atoms with Crippen molar-refractivity contribution in [3.05, 3.63) is 101 Å². The van der Waals surface area contributed by atoms with Crippen LogP contribution in [0.15, 0.2) is 84.3 Å². The molecule has 0 bridgehead atoms. The molecule has 3 atom stereocenters. The maximum absolute atomic E-state index is 12.4. The minimum atomic E-state index is -0.777. The van der Waals surface area contributed by atoms with Gasteiger partial charge in [-0.2, -0.15) is 5.10 Å². The SMILES string of the molecule is O=C(O)CCCCCCC(=O)NCc1cccc(-c2cccc([C@@H]3O[C@H](CSc4ncn[nH]4)C[C@H](c4ccc(CO)cc4)O3)c2)c1. The molecular formula is C35H40N4O6S. The largest absolute Gasteiger partial charge is 0.481 e. The third kappa shape index (κ3) is 9.98.